The number of carbonyl (C=O) groups excluding carboxylic acids is 1. The van der Waals surface area contributed by atoms with Crippen molar-refractivity contribution < 1.29 is 18.3 Å². The van der Waals surface area contributed by atoms with Gasteiger partial charge in [0.05, 0.1) is 11.9 Å². The smallest absolute Gasteiger partial charge is 0.387 e. The minimum absolute atomic E-state index is 0.0297. The van der Waals surface area contributed by atoms with E-state index < -0.39 is 12.6 Å². The van der Waals surface area contributed by atoms with Crippen LogP contribution in [0.2, 0.25) is 5.02 Å². The quantitative estimate of drug-likeness (QED) is 0.620. The Balaban J connectivity index is 1.51. The van der Waals surface area contributed by atoms with Crippen LogP contribution in [0.4, 0.5) is 13.6 Å². The van der Waals surface area contributed by atoms with Crippen LogP contribution >= 0.6 is 11.6 Å². The third kappa shape index (κ3) is 5.43. The highest BCUT2D eigenvalue weighted by Crippen LogP contribution is 2.20. The maximum Gasteiger partial charge on any atom is 0.387 e. The molecule has 0 aliphatic rings. The monoisotopic (exact) mass is 406 g/mol. The van der Waals surface area contributed by atoms with Gasteiger partial charge in [0.2, 0.25) is 0 Å². The first-order valence-corrected chi connectivity index (χ1v) is 8.73. The zero-order valence-corrected chi connectivity index (χ0v) is 15.4. The molecule has 2 aromatic carbocycles. The minimum Gasteiger partial charge on any atom is -0.434 e. The maximum absolute atomic E-state index is 12.4. The van der Waals surface area contributed by atoms with E-state index in [4.69, 9.17) is 11.6 Å². The molecule has 0 spiro atoms. The Labute approximate surface area is 165 Å². The van der Waals surface area contributed by atoms with Crippen molar-refractivity contribution in [2.75, 3.05) is 0 Å². The number of aromatic nitrogens is 2. The number of rotatable bonds is 7. The second-order valence-electron chi connectivity index (χ2n) is 5.79. The molecule has 0 saturated heterocycles. The Bertz CT molecular complexity index is 932. The van der Waals surface area contributed by atoms with Gasteiger partial charge in [0, 0.05) is 35.4 Å². The lowest BCUT2D eigenvalue weighted by Gasteiger charge is -2.11. The van der Waals surface area contributed by atoms with Gasteiger partial charge in [0.15, 0.2) is 0 Å². The van der Waals surface area contributed by atoms with Crippen molar-refractivity contribution in [3.05, 3.63) is 77.1 Å². The summed E-state index contributed by atoms with van der Waals surface area (Å²) in [6, 6.07) is 13.0. The van der Waals surface area contributed by atoms with E-state index >= 15 is 0 Å². The van der Waals surface area contributed by atoms with E-state index in [1.165, 1.54) is 6.07 Å². The third-order valence-electron chi connectivity index (χ3n) is 3.81. The third-order valence-corrected chi connectivity index (χ3v) is 4.06. The molecule has 0 bridgehead atoms. The first-order valence-electron chi connectivity index (χ1n) is 8.35. The molecule has 3 rings (SSSR count). The standard InChI is InChI=1S/C19H17ClF2N4O2/c20-15-5-7-16(8-6-15)26-12-13(10-25-26)9-23-19(27)24-11-14-3-1-2-4-17(14)28-18(21)22/h1-8,10,12,18H,9,11H2,(H2,23,24,27). The molecule has 0 radical (unpaired) electrons. The zero-order valence-electron chi connectivity index (χ0n) is 14.6. The van der Waals surface area contributed by atoms with Crippen LogP contribution in [-0.4, -0.2) is 22.4 Å². The molecular weight excluding hydrogens is 390 g/mol. The van der Waals surface area contributed by atoms with Crippen LogP contribution in [0.25, 0.3) is 5.69 Å². The number of hydrogen-bond donors (Lipinski definition) is 2. The number of hydrogen-bond acceptors (Lipinski definition) is 3. The highest BCUT2D eigenvalue weighted by atomic mass is 35.5. The summed E-state index contributed by atoms with van der Waals surface area (Å²) in [4.78, 5) is 12.0. The molecule has 2 amide bonds. The number of alkyl halides is 2. The molecule has 0 saturated carbocycles. The lowest BCUT2D eigenvalue weighted by atomic mass is 10.2. The number of benzene rings is 2. The van der Waals surface area contributed by atoms with Gasteiger partial charge in [-0.1, -0.05) is 29.8 Å². The van der Waals surface area contributed by atoms with E-state index in [1.807, 2.05) is 12.1 Å². The van der Waals surface area contributed by atoms with Crippen molar-refractivity contribution >= 4 is 17.6 Å². The number of nitrogens with one attached hydrogen (secondary N) is 2. The summed E-state index contributed by atoms with van der Waals surface area (Å²) in [6.45, 7) is -2.61. The molecule has 0 atom stereocenters. The van der Waals surface area contributed by atoms with Gasteiger partial charge in [-0.2, -0.15) is 13.9 Å². The second kappa shape index (κ2) is 9.18. The van der Waals surface area contributed by atoms with Crippen LogP contribution in [0.1, 0.15) is 11.1 Å². The van der Waals surface area contributed by atoms with Gasteiger partial charge in [0.25, 0.3) is 0 Å². The molecule has 0 aliphatic carbocycles. The van der Waals surface area contributed by atoms with Gasteiger partial charge in [0.1, 0.15) is 5.75 Å². The van der Waals surface area contributed by atoms with Gasteiger partial charge in [-0.25, -0.2) is 9.48 Å². The number of ether oxygens (including phenoxy) is 1. The maximum atomic E-state index is 12.4. The number of urea groups is 1. The Kier molecular flexibility index (Phi) is 6.44. The number of nitrogens with zero attached hydrogens (tertiary/aromatic N) is 2. The average molecular weight is 407 g/mol. The van der Waals surface area contributed by atoms with Crippen LogP contribution in [0.3, 0.4) is 0 Å². The number of para-hydroxylation sites is 1. The molecule has 28 heavy (non-hydrogen) atoms. The lowest BCUT2D eigenvalue weighted by Crippen LogP contribution is -2.34. The predicted octanol–water partition coefficient (Wildman–Crippen LogP) is 4.13. The molecule has 0 fully saturated rings. The normalized spacial score (nSPS) is 10.7. The molecule has 1 aromatic heterocycles. The predicted molar refractivity (Wildman–Crippen MR) is 101 cm³/mol. The molecule has 2 N–H and O–H groups in total. The Morgan fingerprint density at radius 1 is 1.11 bits per heavy atom. The van der Waals surface area contributed by atoms with Gasteiger partial charge in [-0.15, -0.1) is 0 Å². The summed E-state index contributed by atoms with van der Waals surface area (Å²) in [5.41, 5.74) is 2.09. The second-order valence-corrected chi connectivity index (χ2v) is 6.23. The highest BCUT2D eigenvalue weighted by Gasteiger charge is 2.10. The summed E-state index contributed by atoms with van der Waals surface area (Å²) in [5.74, 6) is 0.0297. The summed E-state index contributed by atoms with van der Waals surface area (Å²) in [5, 5.41) is 10.2. The molecule has 1 heterocycles. The van der Waals surface area contributed by atoms with E-state index in [9.17, 15) is 13.6 Å². The van der Waals surface area contributed by atoms with Crippen LogP contribution in [0.5, 0.6) is 5.75 Å². The van der Waals surface area contributed by atoms with Crippen molar-refractivity contribution in [1.29, 1.82) is 0 Å². The lowest BCUT2D eigenvalue weighted by molar-refractivity contribution is -0.0504. The average Bonchev–Trinajstić information content (AvgIpc) is 3.15. The van der Waals surface area contributed by atoms with Crippen molar-refractivity contribution in [3.8, 4) is 11.4 Å². The van der Waals surface area contributed by atoms with Gasteiger partial charge >= 0.3 is 12.6 Å². The molecule has 146 valence electrons. The first kappa shape index (κ1) is 19.6. The number of halogens is 3. The van der Waals surface area contributed by atoms with Gasteiger partial charge < -0.3 is 15.4 Å². The van der Waals surface area contributed by atoms with E-state index in [2.05, 4.69) is 20.5 Å². The number of amides is 2. The van der Waals surface area contributed by atoms with E-state index in [1.54, 1.807) is 47.4 Å². The molecule has 0 aliphatic heterocycles. The van der Waals surface area contributed by atoms with Crippen molar-refractivity contribution in [2.24, 2.45) is 0 Å². The topological polar surface area (TPSA) is 68.2 Å². The summed E-state index contributed by atoms with van der Waals surface area (Å²) < 4.78 is 30.9. The van der Waals surface area contributed by atoms with Crippen molar-refractivity contribution in [2.45, 2.75) is 19.7 Å². The van der Waals surface area contributed by atoms with Crippen LogP contribution in [0, 0.1) is 0 Å². The van der Waals surface area contributed by atoms with Crippen LogP contribution in [-0.2, 0) is 13.1 Å². The fraction of sp³-hybridized carbons (Fsp3) is 0.158. The largest absolute Gasteiger partial charge is 0.434 e. The summed E-state index contributed by atoms with van der Waals surface area (Å²) in [7, 11) is 0. The van der Waals surface area contributed by atoms with Gasteiger partial charge in [-0.05, 0) is 30.3 Å². The molecule has 0 unspecified atom stereocenters. The summed E-state index contributed by atoms with van der Waals surface area (Å²) in [6.07, 6.45) is 3.43. The van der Waals surface area contributed by atoms with E-state index in [0.29, 0.717) is 10.6 Å². The fourth-order valence-corrected chi connectivity index (χ4v) is 2.59. The van der Waals surface area contributed by atoms with Crippen LogP contribution < -0.4 is 15.4 Å². The van der Waals surface area contributed by atoms with Crippen molar-refractivity contribution in [1.82, 2.24) is 20.4 Å². The van der Waals surface area contributed by atoms with Gasteiger partial charge in [-0.3, -0.25) is 0 Å². The van der Waals surface area contributed by atoms with E-state index in [-0.39, 0.29) is 18.8 Å². The molecular formula is C19H17ClF2N4O2. The Morgan fingerprint density at radius 2 is 1.82 bits per heavy atom. The molecule has 3 aromatic rings. The first-order chi connectivity index (χ1) is 13.5. The minimum atomic E-state index is -2.92. The molecule has 6 nitrogen and oxygen atoms in total. The highest BCUT2D eigenvalue weighted by molar-refractivity contribution is 6.30. The van der Waals surface area contributed by atoms with E-state index in [0.717, 1.165) is 11.3 Å². The Morgan fingerprint density at radius 3 is 2.57 bits per heavy atom. The SMILES string of the molecule is O=C(NCc1cnn(-c2ccc(Cl)cc2)c1)NCc1ccccc1OC(F)F. The Hall–Kier alpha value is -3.13. The molecule has 9 heteroatoms. The zero-order chi connectivity index (χ0) is 19.9. The summed E-state index contributed by atoms with van der Waals surface area (Å²) >= 11 is 5.87. The van der Waals surface area contributed by atoms with Crippen molar-refractivity contribution in [3.63, 3.8) is 0 Å². The number of carbonyl (C=O) groups is 1. The fourth-order valence-electron chi connectivity index (χ4n) is 2.47. The van der Waals surface area contributed by atoms with Crippen LogP contribution in [0.15, 0.2) is 60.9 Å².